The van der Waals surface area contributed by atoms with Gasteiger partial charge in [-0.3, -0.25) is 4.79 Å². The van der Waals surface area contributed by atoms with Gasteiger partial charge in [-0.25, -0.2) is 37.8 Å². The molecule has 0 aliphatic carbocycles. The first-order valence-corrected chi connectivity index (χ1v) is 11.9. The Morgan fingerprint density at radius 1 is 1.11 bits per heavy atom. The van der Waals surface area contributed by atoms with Crippen molar-refractivity contribution in [2.45, 2.75) is 26.3 Å². The molecule has 3 aromatic heterocycles. The van der Waals surface area contributed by atoms with Crippen molar-refractivity contribution in [1.82, 2.24) is 24.6 Å². The summed E-state index contributed by atoms with van der Waals surface area (Å²) < 4.78 is 48.4. The fraction of sp³-hybridized carbons (Fsp3) is 0.320. The lowest BCUT2D eigenvalue weighted by Crippen LogP contribution is -2.49. The Labute approximate surface area is 215 Å². The number of pyridine rings is 1. The zero-order valence-electron chi connectivity index (χ0n) is 20.7. The number of nitrogen functional groups attached to an aromatic ring is 1. The molecule has 5 rings (SSSR count). The molecule has 10 nitrogen and oxygen atoms in total. The molecule has 0 bridgehead atoms. The fourth-order valence-corrected chi connectivity index (χ4v) is 4.46. The number of benzene rings is 1. The van der Waals surface area contributed by atoms with Crippen molar-refractivity contribution in [3.8, 4) is 11.1 Å². The molecule has 1 aliphatic heterocycles. The summed E-state index contributed by atoms with van der Waals surface area (Å²) in [5.74, 6) is -0.281. The Bertz CT molecular complexity index is 1540. The van der Waals surface area contributed by atoms with Gasteiger partial charge in [-0.15, -0.1) is 0 Å². The summed E-state index contributed by atoms with van der Waals surface area (Å²) >= 11 is 0. The normalized spacial score (nSPS) is 14.7. The van der Waals surface area contributed by atoms with Gasteiger partial charge < -0.3 is 20.8 Å². The Morgan fingerprint density at radius 3 is 2.47 bits per heavy atom. The number of halogens is 3. The van der Waals surface area contributed by atoms with E-state index >= 15 is 0 Å². The number of aromatic nitrogens is 5. The molecule has 13 heteroatoms. The predicted octanol–water partition coefficient (Wildman–Crippen LogP) is 3.36. The van der Waals surface area contributed by atoms with Crippen LogP contribution in [-0.2, 0) is 4.74 Å². The van der Waals surface area contributed by atoms with Crippen molar-refractivity contribution in [1.29, 1.82) is 0 Å². The lowest BCUT2D eigenvalue weighted by molar-refractivity contribution is 0.111. The number of nitrogens with zero attached hydrogens (tertiary/aromatic N) is 6. The number of hydrogen-bond donors (Lipinski definition) is 2. The Morgan fingerprint density at radius 2 is 1.79 bits per heavy atom. The SMILES string of the molecule is Cc1nc(N[C@H](C)c2cccc(C(F)F)c2F)c2cn(N3CCOCC3)c(=O)c(-c3cnc(N)nc3)c2n1. The Kier molecular flexibility index (Phi) is 6.85. The summed E-state index contributed by atoms with van der Waals surface area (Å²) in [6, 6.07) is 3.15. The third kappa shape index (κ3) is 4.72. The van der Waals surface area contributed by atoms with E-state index in [0.717, 1.165) is 6.07 Å². The van der Waals surface area contributed by atoms with Crippen LogP contribution in [0.3, 0.4) is 0 Å². The summed E-state index contributed by atoms with van der Waals surface area (Å²) in [6.45, 7) is 5.13. The third-order valence-corrected chi connectivity index (χ3v) is 6.33. The number of nitrogens with two attached hydrogens (primary N) is 1. The van der Waals surface area contributed by atoms with E-state index in [-0.39, 0.29) is 22.6 Å². The zero-order chi connectivity index (χ0) is 27.0. The molecule has 1 aliphatic rings. The first-order valence-electron chi connectivity index (χ1n) is 11.9. The van der Waals surface area contributed by atoms with Crippen LogP contribution in [0, 0.1) is 12.7 Å². The maximum atomic E-state index is 14.9. The van der Waals surface area contributed by atoms with Crippen molar-refractivity contribution >= 4 is 22.7 Å². The Balaban J connectivity index is 1.70. The molecule has 0 saturated carbocycles. The van der Waals surface area contributed by atoms with Crippen LogP contribution in [0.4, 0.5) is 24.9 Å². The number of morpholine rings is 1. The van der Waals surface area contributed by atoms with Crippen molar-refractivity contribution < 1.29 is 17.9 Å². The number of hydrogen-bond acceptors (Lipinski definition) is 9. The molecule has 1 atom stereocenters. The third-order valence-electron chi connectivity index (χ3n) is 6.33. The standard InChI is InChI=1S/C25H25F3N8O2/c1-13(16-4-3-5-17(20(16)26)22(27)28)32-23-18-12-36(35-6-8-38-9-7-35)24(37)19(21(18)33-14(2)34-23)15-10-30-25(29)31-11-15/h3-5,10-13,22H,6-9H2,1-2H3,(H2,29,30,31)(H,32,33,34)/t13-/m1/s1. The molecule has 0 amide bonds. The van der Waals surface area contributed by atoms with Gasteiger partial charge in [-0.05, 0) is 13.8 Å². The molecular formula is C25H25F3N8O2. The van der Waals surface area contributed by atoms with E-state index in [1.807, 2.05) is 5.01 Å². The number of nitrogens with one attached hydrogen (secondary N) is 1. The summed E-state index contributed by atoms with van der Waals surface area (Å²) in [5, 5.41) is 5.44. The number of ether oxygens (including phenoxy) is 1. The van der Waals surface area contributed by atoms with Crippen LogP contribution in [0.15, 0.2) is 41.6 Å². The van der Waals surface area contributed by atoms with Crippen LogP contribution in [0.25, 0.3) is 22.0 Å². The minimum Gasteiger partial charge on any atom is -0.378 e. The van der Waals surface area contributed by atoms with Crippen LogP contribution >= 0.6 is 0 Å². The fourth-order valence-electron chi connectivity index (χ4n) is 4.46. The summed E-state index contributed by atoms with van der Waals surface area (Å²) in [4.78, 5) is 30.9. The van der Waals surface area contributed by atoms with E-state index in [1.54, 1.807) is 20.0 Å². The maximum absolute atomic E-state index is 14.9. The highest BCUT2D eigenvalue weighted by molar-refractivity contribution is 5.98. The van der Waals surface area contributed by atoms with Crippen molar-refractivity contribution in [2.24, 2.45) is 0 Å². The highest BCUT2D eigenvalue weighted by Crippen LogP contribution is 2.32. The number of fused-ring (bicyclic) bond motifs is 1. The molecule has 1 aromatic carbocycles. The molecule has 4 aromatic rings. The highest BCUT2D eigenvalue weighted by atomic mass is 19.3. The van der Waals surface area contributed by atoms with E-state index in [1.165, 1.54) is 29.2 Å². The second-order valence-electron chi connectivity index (χ2n) is 8.85. The molecule has 198 valence electrons. The molecule has 3 N–H and O–H groups in total. The maximum Gasteiger partial charge on any atom is 0.279 e. The van der Waals surface area contributed by atoms with Gasteiger partial charge in [0.15, 0.2) is 0 Å². The average molecular weight is 527 g/mol. The monoisotopic (exact) mass is 526 g/mol. The van der Waals surface area contributed by atoms with Gasteiger partial charge in [0.1, 0.15) is 17.5 Å². The predicted molar refractivity (Wildman–Crippen MR) is 136 cm³/mol. The van der Waals surface area contributed by atoms with Crippen LogP contribution < -0.4 is 21.6 Å². The van der Waals surface area contributed by atoms with Crippen molar-refractivity contribution in [2.75, 3.05) is 42.4 Å². The van der Waals surface area contributed by atoms with E-state index in [9.17, 15) is 18.0 Å². The van der Waals surface area contributed by atoms with Crippen molar-refractivity contribution in [3.63, 3.8) is 0 Å². The number of rotatable bonds is 6. The van der Waals surface area contributed by atoms with Gasteiger partial charge in [0.2, 0.25) is 5.95 Å². The molecular weight excluding hydrogens is 501 g/mol. The van der Waals surface area contributed by atoms with Gasteiger partial charge in [-0.1, -0.05) is 18.2 Å². The second-order valence-corrected chi connectivity index (χ2v) is 8.85. The molecule has 0 spiro atoms. The number of alkyl halides is 2. The Hall–Kier alpha value is -4.26. The lowest BCUT2D eigenvalue weighted by Gasteiger charge is -2.31. The van der Waals surface area contributed by atoms with E-state index < -0.39 is 23.8 Å². The quantitative estimate of drug-likeness (QED) is 0.389. The smallest absolute Gasteiger partial charge is 0.279 e. The molecule has 1 fully saturated rings. The minimum atomic E-state index is -2.95. The first-order chi connectivity index (χ1) is 18.2. The zero-order valence-corrected chi connectivity index (χ0v) is 20.7. The topological polar surface area (TPSA) is 124 Å². The van der Waals surface area contributed by atoms with Crippen LogP contribution in [-0.4, -0.2) is 50.9 Å². The molecule has 1 saturated heterocycles. The van der Waals surface area contributed by atoms with Crippen molar-refractivity contribution in [3.05, 3.63) is 69.9 Å². The van der Waals surface area contributed by atoms with E-state index in [4.69, 9.17) is 10.5 Å². The number of anilines is 2. The van der Waals surface area contributed by atoms with Crippen LogP contribution in [0.1, 0.15) is 36.3 Å². The highest BCUT2D eigenvalue weighted by Gasteiger charge is 2.24. The average Bonchev–Trinajstić information content (AvgIpc) is 2.89. The summed E-state index contributed by atoms with van der Waals surface area (Å²) in [7, 11) is 0. The van der Waals surface area contributed by atoms with Crippen LogP contribution in [0.5, 0.6) is 0 Å². The van der Waals surface area contributed by atoms with E-state index in [0.29, 0.717) is 54.4 Å². The number of aryl methyl sites for hydroxylation is 1. The molecule has 0 unspecified atom stereocenters. The molecule has 4 heterocycles. The van der Waals surface area contributed by atoms with Gasteiger partial charge in [0.05, 0.1) is 54.4 Å². The van der Waals surface area contributed by atoms with Crippen LogP contribution in [0.2, 0.25) is 0 Å². The summed E-state index contributed by atoms with van der Waals surface area (Å²) in [5.41, 5.74) is 5.67. The lowest BCUT2D eigenvalue weighted by atomic mass is 10.0. The second kappa shape index (κ2) is 10.2. The first kappa shape index (κ1) is 25.4. The summed E-state index contributed by atoms with van der Waals surface area (Å²) in [6.07, 6.45) is 1.56. The largest absolute Gasteiger partial charge is 0.378 e. The van der Waals surface area contributed by atoms with Gasteiger partial charge in [0, 0.05) is 29.7 Å². The molecule has 38 heavy (non-hydrogen) atoms. The van der Waals surface area contributed by atoms with Gasteiger partial charge in [0.25, 0.3) is 12.0 Å². The minimum absolute atomic E-state index is 0.0533. The van der Waals surface area contributed by atoms with E-state index in [2.05, 4.69) is 25.3 Å². The molecule has 0 radical (unpaired) electrons. The van der Waals surface area contributed by atoms with Gasteiger partial charge >= 0.3 is 0 Å². The van der Waals surface area contributed by atoms with Gasteiger partial charge in [-0.2, -0.15) is 0 Å².